The van der Waals surface area contributed by atoms with Gasteiger partial charge in [0.25, 0.3) is 0 Å². The van der Waals surface area contributed by atoms with Crippen molar-refractivity contribution in [1.29, 1.82) is 0 Å². The lowest BCUT2D eigenvalue weighted by Crippen LogP contribution is -2.15. The maximum Gasteiger partial charge on any atom is 0.347 e. The van der Waals surface area contributed by atoms with Crippen LogP contribution in [0, 0.1) is 27.7 Å². The van der Waals surface area contributed by atoms with Crippen molar-refractivity contribution >= 4 is 11.9 Å². The Bertz CT molecular complexity index is 1250. The van der Waals surface area contributed by atoms with E-state index in [1.54, 1.807) is 33.8 Å². The van der Waals surface area contributed by atoms with Crippen molar-refractivity contribution < 1.29 is 33.6 Å². The first-order valence-electron chi connectivity index (χ1n) is 11.3. The van der Waals surface area contributed by atoms with E-state index in [0.717, 1.165) is 5.56 Å². The van der Waals surface area contributed by atoms with Gasteiger partial charge in [-0.2, -0.15) is 0 Å². The number of carbonyl (C=O) groups is 2. The van der Waals surface area contributed by atoms with Gasteiger partial charge < -0.3 is 24.1 Å². The lowest BCUT2D eigenvalue weighted by Gasteiger charge is -2.19. The molecule has 0 fully saturated rings. The Morgan fingerprint density at radius 3 is 2.11 bits per heavy atom. The topological polar surface area (TPSA) is 91.3 Å². The lowest BCUT2D eigenvalue weighted by molar-refractivity contribution is 0.0522. The molecule has 0 aliphatic heterocycles. The normalized spacial score (nSPS) is 10.6. The highest BCUT2D eigenvalue weighted by Gasteiger charge is 2.26. The first kappa shape index (κ1) is 25.6. The van der Waals surface area contributed by atoms with Crippen LogP contribution in [0.15, 0.2) is 42.5 Å². The smallest absolute Gasteiger partial charge is 0.347 e. The average molecular weight is 479 g/mol. The Morgan fingerprint density at radius 2 is 1.49 bits per heavy atom. The predicted octanol–water partition coefficient (Wildman–Crippen LogP) is 5.61. The second kappa shape index (κ2) is 11.0. The zero-order valence-corrected chi connectivity index (χ0v) is 20.9. The van der Waals surface area contributed by atoms with Crippen molar-refractivity contribution in [1.82, 2.24) is 0 Å². The number of esters is 2. The Morgan fingerprint density at radius 1 is 0.857 bits per heavy atom. The number of phenols is 1. The van der Waals surface area contributed by atoms with Crippen molar-refractivity contribution in [3.63, 3.8) is 0 Å². The van der Waals surface area contributed by atoms with Crippen LogP contribution in [-0.4, -0.2) is 30.8 Å². The molecular formula is C28H30O7. The number of aryl methyl sites for hydroxylation is 2. The average Bonchev–Trinajstić information content (AvgIpc) is 2.83. The highest BCUT2D eigenvalue weighted by molar-refractivity contribution is 5.98. The van der Waals surface area contributed by atoms with E-state index in [1.807, 2.05) is 37.3 Å². The van der Waals surface area contributed by atoms with E-state index in [2.05, 4.69) is 0 Å². The molecule has 7 nitrogen and oxygen atoms in total. The number of carbonyl (C=O) groups excluding carboxylic acids is 2. The van der Waals surface area contributed by atoms with E-state index in [0.29, 0.717) is 34.8 Å². The minimum atomic E-state index is -0.650. The molecular weight excluding hydrogens is 448 g/mol. The van der Waals surface area contributed by atoms with Crippen molar-refractivity contribution in [3.05, 3.63) is 81.4 Å². The molecule has 35 heavy (non-hydrogen) atoms. The standard InChI is InChI=1S/C28H30O7/c1-7-33-27(30)23-16(2)14-22(18(4)25(23)29)35-28(31)24-17(3)13-21(19(5)26(24)32-6)34-15-20-11-9-8-10-12-20/h8-14,29H,7,15H2,1-6H3. The van der Waals surface area contributed by atoms with Crippen LogP contribution in [0.2, 0.25) is 0 Å². The highest BCUT2D eigenvalue weighted by Crippen LogP contribution is 2.38. The van der Waals surface area contributed by atoms with E-state index in [-0.39, 0.29) is 34.8 Å². The molecule has 0 saturated carbocycles. The SMILES string of the molecule is CCOC(=O)c1c(C)cc(OC(=O)c2c(C)cc(OCc3ccccc3)c(C)c2OC)c(C)c1O. The van der Waals surface area contributed by atoms with Gasteiger partial charge in [0.1, 0.15) is 40.7 Å². The zero-order chi connectivity index (χ0) is 25.7. The number of ether oxygens (including phenoxy) is 4. The molecule has 0 spiro atoms. The summed E-state index contributed by atoms with van der Waals surface area (Å²) in [6.45, 7) is 9.02. The Hall–Kier alpha value is -4.00. The number of aromatic hydroxyl groups is 1. The number of hydrogen-bond donors (Lipinski definition) is 1. The first-order chi connectivity index (χ1) is 16.7. The Kier molecular flexibility index (Phi) is 8.02. The van der Waals surface area contributed by atoms with Gasteiger partial charge >= 0.3 is 11.9 Å². The second-order valence-electron chi connectivity index (χ2n) is 8.15. The third kappa shape index (κ3) is 5.40. The van der Waals surface area contributed by atoms with Crippen molar-refractivity contribution in [3.8, 4) is 23.0 Å². The summed E-state index contributed by atoms with van der Waals surface area (Å²) >= 11 is 0. The van der Waals surface area contributed by atoms with Crippen LogP contribution in [0.3, 0.4) is 0 Å². The number of benzene rings is 3. The van der Waals surface area contributed by atoms with Crippen LogP contribution in [0.4, 0.5) is 0 Å². The summed E-state index contributed by atoms with van der Waals surface area (Å²) < 4.78 is 22.2. The maximum absolute atomic E-state index is 13.2. The summed E-state index contributed by atoms with van der Waals surface area (Å²) in [6.07, 6.45) is 0. The summed E-state index contributed by atoms with van der Waals surface area (Å²) in [6, 6.07) is 13.1. The van der Waals surface area contributed by atoms with E-state index in [4.69, 9.17) is 18.9 Å². The van der Waals surface area contributed by atoms with Gasteiger partial charge in [-0.25, -0.2) is 9.59 Å². The number of rotatable bonds is 8. The van der Waals surface area contributed by atoms with Crippen LogP contribution in [0.5, 0.6) is 23.0 Å². The molecule has 3 rings (SSSR count). The summed E-state index contributed by atoms with van der Waals surface area (Å²) in [4.78, 5) is 25.5. The highest BCUT2D eigenvalue weighted by atomic mass is 16.5. The van der Waals surface area contributed by atoms with Crippen molar-refractivity contribution in [2.24, 2.45) is 0 Å². The number of phenolic OH excluding ortho intramolecular Hbond substituents is 1. The maximum atomic E-state index is 13.2. The van der Waals surface area contributed by atoms with E-state index >= 15 is 0 Å². The molecule has 0 aromatic heterocycles. The first-order valence-corrected chi connectivity index (χ1v) is 11.3. The van der Waals surface area contributed by atoms with Gasteiger partial charge in [0, 0.05) is 11.1 Å². The fourth-order valence-electron chi connectivity index (χ4n) is 3.84. The van der Waals surface area contributed by atoms with E-state index < -0.39 is 11.9 Å². The minimum Gasteiger partial charge on any atom is -0.507 e. The van der Waals surface area contributed by atoms with Gasteiger partial charge in [-0.05, 0) is 63.4 Å². The Balaban J connectivity index is 1.92. The summed E-state index contributed by atoms with van der Waals surface area (Å²) in [7, 11) is 1.48. The molecule has 0 heterocycles. The predicted molar refractivity (Wildman–Crippen MR) is 132 cm³/mol. The van der Waals surface area contributed by atoms with E-state index in [9.17, 15) is 14.7 Å². The zero-order valence-electron chi connectivity index (χ0n) is 20.9. The van der Waals surface area contributed by atoms with Crippen LogP contribution in [0.1, 0.15) is 55.5 Å². The van der Waals surface area contributed by atoms with Gasteiger partial charge in [-0.3, -0.25) is 0 Å². The summed E-state index contributed by atoms with van der Waals surface area (Å²) in [5.74, 6) is -0.481. The summed E-state index contributed by atoms with van der Waals surface area (Å²) in [5, 5.41) is 10.6. The van der Waals surface area contributed by atoms with Gasteiger partial charge in [-0.15, -0.1) is 0 Å². The summed E-state index contributed by atoms with van der Waals surface area (Å²) in [5.41, 5.74) is 3.28. The molecule has 0 aliphatic rings. The molecule has 0 bridgehead atoms. The molecule has 1 N–H and O–H groups in total. The van der Waals surface area contributed by atoms with Crippen LogP contribution in [-0.2, 0) is 11.3 Å². The largest absolute Gasteiger partial charge is 0.507 e. The second-order valence-corrected chi connectivity index (χ2v) is 8.15. The van der Waals surface area contributed by atoms with Crippen LogP contribution < -0.4 is 14.2 Å². The van der Waals surface area contributed by atoms with Crippen LogP contribution >= 0.6 is 0 Å². The fourth-order valence-corrected chi connectivity index (χ4v) is 3.84. The fraction of sp³-hybridized carbons (Fsp3) is 0.286. The minimum absolute atomic E-state index is 0.0497. The van der Waals surface area contributed by atoms with Crippen LogP contribution in [0.25, 0.3) is 0 Å². The van der Waals surface area contributed by atoms with Gasteiger partial charge in [0.05, 0.1) is 13.7 Å². The quantitative estimate of drug-likeness (QED) is 0.332. The number of methoxy groups -OCH3 is 1. The third-order valence-electron chi connectivity index (χ3n) is 5.71. The molecule has 0 amide bonds. The van der Waals surface area contributed by atoms with Gasteiger partial charge in [-0.1, -0.05) is 30.3 Å². The lowest BCUT2D eigenvalue weighted by atomic mass is 10.0. The number of hydrogen-bond acceptors (Lipinski definition) is 7. The molecule has 0 saturated heterocycles. The molecule has 7 heteroatoms. The molecule has 3 aromatic rings. The van der Waals surface area contributed by atoms with Crippen molar-refractivity contribution in [2.45, 2.75) is 41.2 Å². The third-order valence-corrected chi connectivity index (χ3v) is 5.71. The van der Waals surface area contributed by atoms with Gasteiger partial charge in [0.2, 0.25) is 0 Å². The molecule has 0 unspecified atom stereocenters. The van der Waals surface area contributed by atoms with Gasteiger partial charge in [0.15, 0.2) is 0 Å². The Labute approximate surface area is 205 Å². The monoisotopic (exact) mass is 478 g/mol. The van der Waals surface area contributed by atoms with Crippen molar-refractivity contribution in [2.75, 3.05) is 13.7 Å². The molecule has 3 aromatic carbocycles. The van der Waals surface area contributed by atoms with E-state index in [1.165, 1.54) is 13.2 Å². The molecule has 0 radical (unpaired) electrons. The molecule has 184 valence electrons. The molecule has 0 aliphatic carbocycles. The molecule has 0 atom stereocenters.